The summed E-state index contributed by atoms with van der Waals surface area (Å²) >= 11 is 0. The summed E-state index contributed by atoms with van der Waals surface area (Å²) in [6, 6.07) is 0.153. The van der Waals surface area contributed by atoms with E-state index in [1.807, 2.05) is 6.92 Å². The van der Waals surface area contributed by atoms with E-state index in [2.05, 4.69) is 15.3 Å². The summed E-state index contributed by atoms with van der Waals surface area (Å²) in [4.78, 5) is 61.3. The minimum absolute atomic E-state index is 0.0414. The number of fused-ring (bicyclic) bond motifs is 2. The Balaban J connectivity index is 0.000000178. The van der Waals surface area contributed by atoms with Crippen LogP contribution < -0.4 is 32.1 Å². The molecule has 2 saturated heterocycles. The van der Waals surface area contributed by atoms with Crippen molar-refractivity contribution in [2.75, 3.05) is 44.4 Å². The quantitative estimate of drug-likeness (QED) is 0.100. The number of nitrogens with zero attached hydrogens (tertiary/aromatic N) is 3. The molecule has 2 aromatic heterocycles. The molecule has 0 bridgehead atoms. The first-order chi connectivity index (χ1) is 32.1. The van der Waals surface area contributed by atoms with E-state index in [0.717, 1.165) is 23.0 Å². The Morgan fingerprint density at radius 1 is 0.884 bits per heavy atom. The maximum absolute atomic E-state index is 15.1. The van der Waals surface area contributed by atoms with Crippen molar-refractivity contribution in [1.29, 1.82) is 0 Å². The van der Waals surface area contributed by atoms with Crippen molar-refractivity contribution in [2.45, 2.75) is 102 Å². The number of carbonyl (C=O) groups excluding carboxylic acids is 2. The summed E-state index contributed by atoms with van der Waals surface area (Å²) in [5, 5.41) is 14.5. The number of benzene rings is 2. The third kappa shape index (κ3) is 10.6. The number of alkyl halides is 4. The van der Waals surface area contributed by atoms with Gasteiger partial charge in [0.05, 0.1) is 39.9 Å². The number of pyridine rings is 2. The van der Waals surface area contributed by atoms with E-state index < -0.39 is 125 Å². The lowest BCUT2D eigenvalue weighted by Gasteiger charge is -2.32. The summed E-state index contributed by atoms with van der Waals surface area (Å²) in [5.41, 5.74) is 0.915. The lowest BCUT2D eigenvalue weighted by Crippen LogP contribution is -2.56. The lowest BCUT2D eigenvalue weighted by molar-refractivity contribution is 0.0417. The van der Waals surface area contributed by atoms with Crippen molar-refractivity contribution in [2.24, 2.45) is 17.6 Å². The molecule has 0 spiro atoms. The molecule has 0 radical (unpaired) electrons. The second-order valence-corrected chi connectivity index (χ2v) is 19.2. The molecule has 69 heavy (non-hydrogen) atoms. The molecular formula is C45H52BF9N6O8. The molecule has 2 aromatic carbocycles. The van der Waals surface area contributed by atoms with Crippen LogP contribution in [0.3, 0.4) is 0 Å². The Kier molecular flexibility index (Phi) is 14.9. The zero-order valence-electron chi connectivity index (χ0n) is 38.6. The van der Waals surface area contributed by atoms with Gasteiger partial charge in [0, 0.05) is 67.8 Å². The third-order valence-corrected chi connectivity index (χ3v) is 13.0. The van der Waals surface area contributed by atoms with E-state index in [9.17, 15) is 64.1 Å². The highest BCUT2D eigenvalue weighted by molar-refractivity contribution is 6.38. The molecule has 14 nitrogen and oxygen atoms in total. The predicted octanol–water partition coefficient (Wildman–Crippen LogP) is 6.96. The summed E-state index contributed by atoms with van der Waals surface area (Å²) in [5.74, 6) is -6.51. The van der Waals surface area contributed by atoms with Crippen LogP contribution in [0.2, 0.25) is 0 Å². The Hall–Kier alpha value is -5.78. The molecule has 2 saturated carbocycles. The average Bonchev–Trinajstić information content (AvgIpc) is 4.11. The Labute approximate surface area is 389 Å². The summed E-state index contributed by atoms with van der Waals surface area (Å²) in [6.45, 7) is 12.1. The molecule has 4 heterocycles. The monoisotopic (exact) mass is 986 g/mol. The highest BCUT2D eigenvalue weighted by atomic mass is 19.2. The molecule has 2 aliphatic carbocycles. The molecule has 2 aliphatic heterocycles. The maximum Gasteiger partial charge on any atom is 0.798 e. The molecule has 2 unspecified atom stereocenters. The van der Waals surface area contributed by atoms with Crippen LogP contribution in [-0.2, 0) is 9.39 Å². The molecule has 8 rings (SSSR count). The fourth-order valence-corrected chi connectivity index (χ4v) is 8.76. The van der Waals surface area contributed by atoms with Crippen LogP contribution in [-0.4, -0.2) is 108 Å². The number of carbonyl (C=O) groups is 3. The number of aromatic carboxylic acids is 1. The number of nitrogens with one attached hydrogen (secondary N) is 2. The van der Waals surface area contributed by atoms with Crippen LogP contribution in [0.25, 0.3) is 21.8 Å². The number of halogens is 9. The van der Waals surface area contributed by atoms with E-state index in [4.69, 9.17) is 10.5 Å². The van der Waals surface area contributed by atoms with Gasteiger partial charge in [-0.3, -0.25) is 9.59 Å². The molecule has 4 aliphatic rings. The Morgan fingerprint density at radius 3 is 1.86 bits per heavy atom. The molecule has 8 atom stereocenters. The zero-order chi connectivity index (χ0) is 51.4. The molecular weight excluding hydrogens is 934 g/mol. The number of carboxylic acid groups (broad SMARTS) is 1. The number of alkyl carbamates (subject to hydrolysis) is 1. The topological polar surface area (TPSA) is 187 Å². The molecule has 4 aromatic rings. The highest BCUT2D eigenvalue weighted by Crippen LogP contribution is 2.44. The fourth-order valence-electron chi connectivity index (χ4n) is 8.76. The number of hydrogen-bond donors (Lipinski definition) is 4. The Morgan fingerprint density at radius 2 is 1.41 bits per heavy atom. The predicted molar refractivity (Wildman–Crippen MR) is 238 cm³/mol. The number of carboxylic acids is 1. The van der Waals surface area contributed by atoms with E-state index >= 15 is 4.39 Å². The van der Waals surface area contributed by atoms with Gasteiger partial charge in [0.15, 0.2) is 11.6 Å². The second-order valence-electron chi connectivity index (χ2n) is 19.2. The van der Waals surface area contributed by atoms with Gasteiger partial charge in [-0.05, 0) is 64.2 Å². The van der Waals surface area contributed by atoms with Gasteiger partial charge in [0.1, 0.15) is 48.2 Å². The number of nitrogens with two attached hydrogens (primary N) is 1. The SMILES string of the molecule is CC1CNC[C@]1(CF)NC(=O)OC(C)(C)C.Cc1c(F)c(F)cc2c(=O)c(C(=O)OB(F)F)cn([C@@H]3C[C@@H]3F)c12.Cc1c(N2CC(C)[C@@](N)(CF)C2)c(F)cc2c(=O)c(C(=O)O)cn([C@@H]3C[C@@H]3F)c12. The van der Waals surface area contributed by atoms with Gasteiger partial charge in [-0.2, -0.15) is 0 Å². The van der Waals surface area contributed by atoms with E-state index in [1.54, 1.807) is 39.5 Å². The van der Waals surface area contributed by atoms with Gasteiger partial charge in [0.2, 0.25) is 10.9 Å². The smallest absolute Gasteiger partial charge is 0.477 e. The standard InChI is InChI=1S/C20H22F3N3O3.C14H9BF5NO3.C11H21FN2O2/c1-9-5-25(8-20(9,24)7-21)17-10(2)16-11(3-14(17)23)18(27)12(19(28)29)6-26(16)15-4-13(15)22;1-5-11(18)9(17)2-6-12(5)21(10-3-8(10)16)4-7(13(6)22)14(23)24-15(19)20;1-8-5-13-7-11(8,6-12)14-9(15)16-10(2,3)4/h3,6,9,13,15H,4-5,7-8,24H2,1-2H3,(H,28,29);2,4,8,10H,3H2,1H3;8,13H,5-7H2,1-4H3,(H,14,15)/t9?,13-,15+,20+;8-,10+;8?,11-/m000/s1. The summed E-state index contributed by atoms with van der Waals surface area (Å²) in [6.07, 6.45) is -0.803. The third-order valence-electron chi connectivity index (χ3n) is 13.0. The lowest BCUT2D eigenvalue weighted by atomic mass is 9.90. The van der Waals surface area contributed by atoms with Crippen molar-refractivity contribution in [1.82, 2.24) is 19.8 Å². The van der Waals surface area contributed by atoms with Crippen LogP contribution >= 0.6 is 0 Å². The Bertz CT molecular complexity index is 2810. The summed E-state index contributed by atoms with van der Waals surface area (Å²) in [7, 11) is -3.46. The molecule has 4 fully saturated rings. The first-order valence-corrected chi connectivity index (χ1v) is 21.9. The van der Waals surface area contributed by atoms with Crippen LogP contribution in [0, 0.1) is 43.1 Å². The van der Waals surface area contributed by atoms with Gasteiger partial charge >= 0.3 is 25.5 Å². The minimum atomic E-state index is -3.46. The van der Waals surface area contributed by atoms with Gasteiger partial charge in [-0.15, -0.1) is 0 Å². The van der Waals surface area contributed by atoms with Crippen molar-refractivity contribution in [3.8, 4) is 0 Å². The van der Waals surface area contributed by atoms with Crippen LogP contribution in [0.1, 0.15) is 91.4 Å². The van der Waals surface area contributed by atoms with Gasteiger partial charge in [-0.1, -0.05) is 13.8 Å². The molecule has 5 N–H and O–H groups in total. The fraction of sp³-hybridized carbons (Fsp3) is 0.533. The average molecular weight is 987 g/mol. The number of rotatable bonds is 9. The van der Waals surface area contributed by atoms with Gasteiger partial charge < -0.3 is 44.9 Å². The van der Waals surface area contributed by atoms with Crippen LogP contribution in [0.4, 0.5) is 49.8 Å². The first-order valence-electron chi connectivity index (χ1n) is 21.9. The number of anilines is 1. The zero-order valence-corrected chi connectivity index (χ0v) is 38.6. The van der Waals surface area contributed by atoms with Gasteiger partial charge in [0.25, 0.3) is 0 Å². The normalized spacial score (nSPS) is 25.9. The largest absolute Gasteiger partial charge is 0.798 e. The number of amides is 1. The van der Waals surface area contributed by atoms with Crippen LogP contribution in [0.15, 0.2) is 34.1 Å². The van der Waals surface area contributed by atoms with Gasteiger partial charge in [-0.25, -0.2) is 53.7 Å². The highest BCUT2D eigenvalue weighted by Gasteiger charge is 2.45. The van der Waals surface area contributed by atoms with E-state index in [0.29, 0.717) is 36.8 Å². The van der Waals surface area contributed by atoms with Crippen molar-refractivity contribution < 1.29 is 68.2 Å². The first kappa shape index (κ1) is 52.6. The van der Waals surface area contributed by atoms with Crippen molar-refractivity contribution in [3.05, 3.63) is 84.7 Å². The molecule has 24 heteroatoms. The number of aryl methyl sites for hydroxylation is 2. The van der Waals surface area contributed by atoms with Crippen molar-refractivity contribution >= 4 is 53.0 Å². The van der Waals surface area contributed by atoms with Crippen molar-refractivity contribution in [3.63, 3.8) is 0 Å². The maximum atomic E-state index is 15.1. The summed E-state index contributed by atoms with van der Waals surface area (Å²) < 4.78 is 132. The number of aromatic nitrogens is 2. The van der Waals surface area contributed by atoms with E-state index in [1.165, 1.54) is 11.5 Å². The molecule has 376 valence electrons. The second kappa shape index (κ2) is 19.6. The number of ether oxygens (including phenoxy) is 1. The molecule has 1 amide bonds. The number of hydrogen-bond acceptors (Lipinski definition) is 10. The van der Waals surface area contributed by atoms with Crippen LogP contribution in [0.5, 0.6) is 0 Å². The minimum Gasteiger partial charge on any atom is -0.477 e. The van der Waals surface area contributed by atoms with E-state index in [-0.39, 0.29) is 53.4 Å².